The van der Waals surface area contributed by atoms with Gasteiger partial charge in [0.15, 0.2) is 0 Å². The van der Waals surface area contributed by atoms with Crippen molar-refractivity contribution in [2.24, 2.45) is 0 Å². The molecule has 0 N–H and O–H groups in total. The number of benzene rings is 1. The summed E-state index contributed by atoms with van der Waals surface area (Å²) in [5.74, 6) is 1.53. The van der Waals surface area contributed by atoms with Gasteiger partial charge in [0, 0.05) is 11.6 Å². The standard InChI is InChI=1S/C18H15N5O2/c1-10-14(8-19-9-20-10)18-23-22-17(25-18)13-7-12-5-4-6-15(24-3)16(12)21-11(13)2/h4-9H,1-3H3. The quantitative estimate of drug-likeness (QED) is 0.568. The molecule has 4 rings (SSSR count). The molecule has 0 fully saturated rings. The number of para-hydroxylation sites is 1. The Balaban J connectivity index is 1.83. The van der Waals surface area contributed by atoms with Crippen molar-refractivity contribution < 1.29 is 9.15 Å². The first-order valence-corrected chi connectivity index (χ1v) is 7.72. The Kier molecular flexibility index (Phi) is 3.61. The Morgan fingerprint density at radius 2 is 1.80 bits per heavy atom. The summed E-state index contributed by atoms with van der Waals surface area (Å²) < 4.78 is 11.2. The van der Waals surface area contributed by atoms with Crippen LogP contribution < -0.4 is 4.74 Å². The minimum absolute atomic E-state index is 0.387. The normalized spacial score (nSPS) is 11.0. The van der Waals surface area contributed by atoms with Crippen molar-refractivity contribution >= 4 is 10.9 Å². The molecule has 0 aliphatic rings. The highest BCUT2D eigenvalue weighted by molar-refractivity contribution is 5.88. The summed E-state index contributed by atoms with van der Waals surface area (Å²) in [4.78, 5) is 12.8. The van der Waals surface area contributed by atoms with Gasteiger partial charge in [-0.05, 0) is 26.0 Å². The van der Waals surface area contributed by atoms with Gasteiger partial charge in [0.25, 0.3) is 5.89 Å². The topological polar surface area (TPSA) is 86.8 Å². The number of aromatic nitrogens is 5. The van der Waals surface area contributed by atoms with E-state index in [1.54, 1.807) is 13.3 Å². The van der Waals surface area contributed by atoms with Crippen LogP contribution in [0.3, 0.4) is 0 Å². The maximum atomic E-state index is 5.85. The number of nitrogens with zero attached hydrogens (tertiary/aromatic N) is 5. The van der Waals surface area contributed by atoms with E-state index < -0.39 is 0 Å². The first kappa shape index (κ1) is 15.2. The lowest BCUT2D eigenvalue weighted by Crippen LogP contribution is -1.93. The zero-order valence-electron chi connectivity index (χ0n) is 14.0. The predicted octanol–water partition coefficient (Wildman–Crippen LogP) is 3.37. The Hall–Kier alpha value is -3.35. The van der Waals surface area contributed by atoms with E-state index >= 15 is 0 Å². The molecule has 0 saturated heterocycles. The average molecular weight is 333 g/mol. The number of hydrogen-bond acceptors (Lipinski definition) is 7. The van der Waals surface area contributed by atoms with E-state index in [9.17, 15) is 0 Å². The third-order valence-electron chi connectivity index (χ3n) is 4.02. The Morgan fingerprint density at radius 3 is 2.56 bits per heavy atom. The van der Waals surface area contributed by atoms with Crippen molar-refractivity contribution in [1.82, 2.24) is 25.1 Å². The Labute approximate surface area is 143 Å². The molecule has 0 saturated carbocycles. The second-order valence-electron chi connectivity index (χ2n) is 5.59. The molecule has 3 heterocycles. The van der Waals surface area contributed by atoms with Gasteiger partial charge in [0.1, 0.15) is 17.6 Å². The summed E-state index contributed by atoms with van der Waals surface area (Å²) in [6.45, 7) is 3.78. The van der Waals surface area contributed by atoms with Crippen LogP contribution in [-0.4, -0.2) is 32.3 Å². The second-order valence-corrected chi connectivity index (χ2v) is 5.59. The zero-order valence-corrected chi connectivity index (χ0v) is 14.0. The molecule has 25 heavy (non-hydrogen) atoms. The second kappa shape index (κ2) is 5.94. The molecule has 3 aromatic heterocycles. The van der Waals surface area contributed by atoms with Crippen LogP contribution in [-0.2, 0) is 0 Å². The van der Waals surface area contributed by atoms with E-state index in [-0.39, 0.29) is 0 Å². The molecule has 0 aliphatic heterocycles. The van der Waals surface area contributed by atoms with E-state index in [2.05, 4.69) is 25.1 Å². The van der Waals surface area contributed by atoms with Crippen LogP contribution in [0.15, 0.2) is 41.2 Å². The zero-order chi connectivity index (χ0) is 17.4. The van der Waals surface area contributed by atoms with Crippen molar-refractivity contribution in [3.8, 4) is 28.7 Å². The molecule has 0 spiro atoms. The van der Waals surface area contributed by atoms with Crippen LogP contribution in [0.1, 0.15) is 11.4 Å². The molecule has 0 radical (unpaired) electrons. The lowest BCUT2D eigenvalue weighted by atomic mass is 10.1. The molecule has 1 aromatic carbocycles. The number of ether oxygens (including phenoxy) is 1. The van der Waals surface area contributed by atoms with Crippen molar-refractivity contribution in [3.63, 3.8) is 0 Å². The number of fused-ring (bicyclic) bond motifs is 1. The van der Waals surface area contributed by atoms with E-state index in [1.807, 2.05) is 38.1 Å². The molecule has 124 valence electrons. The Bertz CT molecular complexity index is 1070. The van der Waals surface area contributed by atoms with Gasteiger partial charge in [0.05, 0.1) is 29.6 Å². The van der Waals surface area contributed by atoms with Gasteiger partial charge < -0.3 is 9.15 Å². The average Bonchev–Trinajstić information content (AvgIpc) is 3.10. The third-order valence-corrected chi connectivity index (χ3v) is 4.02. The SMILES string of the molecule is COc1cccc2cc(-c3nnc(-c4cncnc4C)o3)c(C)nc12. The van der Waals surface area contributed by atoms with Crippen LogP contribution in [0.2, 0.25) is 0 Å². The van der Waals surface area contributed by atoms with Crippen molar-refractivity contribution in [3.05, 3.63) is 48.2 Å². The summed E-state index contributed by atoms with van der Waals surface area (Å²) in [7, 11) is 1.63. The number of hydrogen-bond donors (Lipinski definition) is 0. The lowest BCUT2D eigenvalue weighted by Gasteiger charge is -2.07. The molecule has 7 nitrogen and oxygen atoms in total. The molecule has 4 aromatic rings. The number of rotatable bonds is 3. The molecule has 0 unspecified atom stereocenters. The first-order chi connectivity index (χ1) is 12.2. The van der Waals surface area contributed by atoms with Crippen LogP contribution in [0.4, 0.5) is 0 Å². The summed E-state index contributed by atoms with van der Waals surface area (Å²) in [5.41, 5.74) is 3.87. The molecule has 0 amide bonds. The molecule has 0 aliphatic carbocycles. The van der Waals surface area contributed by atoms with Crippen LogP contribution in [0.5, 0.6) is 5.75 Å². The van der Waals surface area contributed by atoms with Gasteiger partial charge in [-0.15, -0.1) is 10.2 Å². The van der Waals surface area contributed by atoms with Crippen LogP contribution >= 0.6 is 0 Å². The number of pyridine rings is 1. The van der Waals surface area contributed by atoms with Crippen molar-refractivity contribution in [1.29, 1.82) is 0 Å². The van der Waals surface area contributed by atoms with E-state index in [0.29, 0.717) is 17.3 Å². The summed E-state index contributed by atoms with van der Waals surface area (Å²) in [5, 5.41) is 9.24. The highest BCUT2D eigenvalue weighted by atomic mass is 16.5. The first-order valence-electron chi connectivity index (χ1n) is 7.72. The minimum Gasteiger partial charge on any atom is -0.494 e. The van der Waals surface area contributed by atoms with Crippen molar-refractivity contribution in [2.45, 2.75) is 13.8 Å². The van der Waals surface area contributed by atoms with Gasteiger partial charge in [-0.1, -0.05) is 12.1 Å². The highest BCUT2D eigenvalue weighted by Gasteiger charge is 2.16. The smallest absolute Gasteiger partial charge is 0.251 e. The summed E-state index contributed by atoms with van der Waals surface area (Å²) >= 11 is 0. The molecule has 0 atom stereocenters. The van der Waals surface area contributed by atoms with Crippen molar-refractivity contribution in [2.75, 3.05) is 7.11 Å². The summed E-state index contributed by atoms with van der Waals surface area (Å²) in [6.07, 6.45) is 3.15. The van der Waals surface area contributed by atoms with Gasteiger partial charge in [-0.2, -0.15) is 0 Å². The molecule has 0 bridgehead atoms. The monoisotopic (exact) mass is 333 g/mol. The van der Waals surface area contributed by atoms with E-state index in [1.165, 1.54) is 6.33 Å². The fourth-order valence-corrected chi connectivity index (χ4v) is 2.69. The maximum Gasteiger partial charge on any atom is 0.251 e. The number of aryl methyl sites for hydroxylation is 2. The van der Waals surface area contributed by atoms with Gasteiger partial charge in [0.2, 0.25) is 5.89 Å². The Morgan fingerprint density at radius 1 is 1.00 bits per heavy atom. The maximum absolute atomic E-state index is 5.85. The van der Waals surface area contributed by atoms with E-state index in [0.717, 1.165) is 33.6 Å². The predicted molar refractivity (Wildman–Crippen MR) is 92.1 cm³/mol. The summed E-state index contributed by atoms with van der Waals surface area (Å²) in [6, 6.07) is 7.76. The fourth-order valence-electron chi connectivity index (χ4n) is 2.69. The van der Waals surface area contributed by atoms with Gasteiger partial charge >= 0.3 is 0 Å². The lowest BCUT2D eigenvalue weighted by molar-refractivity contribution is 0.419. The van der Waals surface area contributed by atoms with Crippen LogP contribution in [0, 0.1) is 13.8 Å². The van der Waals surface area contributed by atoms with Gasteiger partial charge in [-0.25, -0.2) is 15.0 Å². The van der Waals surface area contributed by atoms with Gasteiger partial charge in [-0.3, -0.25) is 0 Å². The fraction of sp³-hybridized carbons (Fsp3) is 0.167. The van der Waals surface area contributed by atoms with E-state index in [4.69, 9.17) is 9.15 Å². The molecular formula is C18H15N5O2. The highest BCUT2D eigenvalue weighted by Crippen LogP contribution is 2.31. The largest absolute Gasteiger partial charge is 0.494 e. The molecular weight excluding hydrogens is 318 g/mol. The molecule has 7 heteroatoms. The minimum atomic E-state index is 0.387. The number of methoxy groups -OCH3 is 1. The third kappa shape index (κ3) is 2.59. The van der Waals surface area contributed by atoms with Crippen LogP contribution in [0.25, 0.3) is 33.8 Å².